The summed E-state index contributed by atoms with van der Waals surface area (Å²) < 4.78 is 7.20. The standard InChI is InChI=1S/C27H33N5O3/c1-26(2,3)35-25(34)30-27(14-8-5-9-15-27)19-29-24(33)22-18-32(21-12-6-4-7-13-21)31-23(22)20-11-10-16-28-17-20/h4,6-7,10-13,16-18H,5,8-9,14-15,19H2,1-3H3,(H,29,33)(H,30,34). The summed E-state index contributed by atoms with van der Waals surface area (Å²) in [5, 5.41) is 10.8. The predicted octanol–water partition coefficient (Wildman–Crippen LogP) is 4.89. The second-order valence-electron chi connectivity index (χ2n) is 10.1. The number of hydrogen-bond donors (Lipinski definition) is 2. The van der Waals surface area contributed by atoms with Crippen LogP contribution in [-0.2, 0) is 4.74 Å². The van der Waals surface area contributed by atoms with Gasteiger partial charge in [0.25, 0.3) is 5.91 Å². The number of amides is 2. The summed E-state index contributed by atoms with van der Waals surface area (Å²) in [6.45, 7) is 5.83. The Hall–Kier alpha value is -3.68. The van der Waals surface area contributed by atoms with Crippen molar-refractivity contribution in [2.24, 2.45) is 0 Å². The van der Waals surface area contributed by atoms with Crippen LogP contribution >= 0.6 is 0 Å². The van der Waals surface area contributed by atoms with Crippen molar-refractivity contribution < 1.29 is 14.3 Å². The normalized spacial score (nSPS) is 15.3. The lowest BCUT2D eigenvalue weighted by Crippen LogP contribution is -2.57. The van der Waals surface area contributed by atoms with E-state index < -0.39 is 17.2 Å². The van der Waals surface area contributed by atoms with E-state index in [2.05, 4.69) is 15.6 Å². The fourth-order valence-corrected chi connectivity index (χ4v) is 4.41. The Labute approximate surface area is 206 Å². The number of nitrogens with zero attached hydrogens (tertiary/aromatic N) is 3. The van der Waals surface area contributed by atoms with E-state index in [1.54, 1.807) is 23.3 Å². The van der Waals surface area contributed by atoms with Gasteiger partial charge in [-0.15, -0.1) is 0 Å². The van der Waals surface area contributed by atoms with Crippen molar-refractivity contribution in [2.75, 3.05) is 6.54 Å². The third-order valence-electron chi connectivity index (χ3n) is 6.08. The zero-order valence-electron chi connectivity index (χ0n) is 20.6. The third-order valence-corrected chi connectivity index (χ3v) is 6.08. The van der Waals surface area contributed by atoms with Crippen molar-refractivity contribution >= 4 is 12.0 Å². The average molecular weight is 476 g/mol. The molecule has 1 aromatic carbocycles. The zero-order valence-corrected chi connectivity index (χ0v) is 20.6. The van der Waals surface area contributed by atoms with Crippen LogP contribution < -0.4 is 10.6 Å². The van der Waals surface area contributed by atoms with Gasteiger partial charge in [-0.1, -0.05) is 37.5 Å². The van der Waals surface area contributed by atoms with Crippen LogP contribution in [0.1, 0.15) is 63.2 Å². The van der Waals surface area contributed by atoms with Crippen molar-refractivity contribution in [1.29, 1.82) is 0 Å². The van der Waals surface area contributed by atoms with Crippen LogP contribution in [-0.4, -0.2) is 44.4 Å². The van der Waals surface area contributed by atoms with Gasteiger partial charge in [0.2, 0.25) is 0 Å². The highest BCUT2D eigenvalue weighted by atomic mass is 16.6. The first-order valence-electron chi connectivity index (χ1n) is 12.1. The summed E-state index contributed by atoms with van der Waals surface area (Å²) in [5.41, 5.74) is 1.48. The second kappa shape index (κ2) is 10.3. The maximum absolute atomic E-state index is 13.5. The van der Waals surface area contributed by atoms with Crippen LogP contribution in [0.3, 0.4) is 0 Å². The first-order chi connectivity index (χ1) is 16.7. The Kier molecular flexibility index (Phi) is 7.19. The molecule has 2 amide bonds. The van der Waals surface area contributed by atoms with E-state index in [-0.39, 0.29) is 5.91 Å². The molecule has 1 aliphatic rings. The Bertz CT molecular complexity index is 1150. The number of benzene rings is 1. The lowest BCUT2D eigenvalue weighted by atomic mass is 9.81. The molecule has 0 radical (unpaired) electrons. The lowest BCUT2D eigenvalue weighted by Gasteiger charge is -2.38. The summed E-state index contributed by atoms with van der Waals surface area (Å²) in [6, 6.07) is 13.4. The van der Waals surface area contributed by atoms with E-state index in [0.717, 1.165) is 43.4 Å². The highest BCUT2D eigenvalue weighted by Gasteiger charge is 2.36. The minimum absolute atomic E-state index is 0.248. The van der Waals surface area contributed by atoms with E-state index >= 15 is 0 Å². The molecule has 8 heteroatoms. The fraction of sp³-hybridized carbons (Fsp3) is 0.407. The molecule has 4 rings (SSSR count). The first kappa shape index (κ1) is 24.4. The third kappa shape index (κ3) is 6.26. The minimum atomic E-state index is -0.589. The Balaban J connectivity index is 1.57. The van der Waals surface area contributed by atoms with E-state index in [4.69, 9.17) is 9.84 Å². The number of nitrogens with one attached hydrogen (secondary N) is 2. The monoisotopic (exact) mass is 475 g/mol. The zero-order chi connectivity index (χ0) is 24.9. The van der Waals surface area contributed by atoms with E-state index in [1.807, 2.05) is 63.2 Å². The molecule has 1 fully saturated rings. The second-order valence-corrected chi connectivity index (χ2v) is 10.1. The summed E-state index contributed by atoms with van der Waals surface area (Å²) >= 11 is 0. The van der Waals surface area contributed by atoms with Crippen molar-refractivity contribution in [3.63, 3.8) is 0 Å². The molecule has 8 nitrogen and oxygen atoms in total. The summed E-state index contributed by atoms with van der Waals surface area (Å²) in [6.07, 6.45) is 9.31. The van der Waals surface area contributed by atoms with Crippen molar-refractivity contribution in [1.82, 2.24) is 25.4 Å². The van der Waals surface area contributed by atoms with Gasteiger partial charge in [0.1, 0.15) is 11.3 Å². The first-order valence-corrected chi connectivity index (χ1v) is 12.1. The smallest absolute Gasteiger partial charge is 0.408 e. The van der Waals surface area contributed by atoms with Gasteiger partial charge in [-0.2, -0.15) is 5.10 Å². The van der Waals surface area contributed by atoms with E-state index in [9.17, 15) is 9.59 Å². The number of ether oxygens (including phenoxy) is 1. The molecule has 0 atom stereocenters. The molecule has 3 aromatic rings. The number of aromatic nitrogens is 3. The highest BCUT2D eigenvalue weighted by Crippen LogP contribution is 2.29. The largest absolute Gasteiger partial charge is 0.444 e. The Morgan fingerprint density at radius 2 is 1.80 bits per heavy atom. The van der Waals surface area contributed by atoms with Crippen molar-refractivity contribution in [3.05, 3.63) is 66.6 Å². The predicted molar refractivity (Wildman–Crippen MR) is 134 cm³/mol. The van der Waals surface area contributed by atoms with Crippen LogP contribution in [0.5, 0.6) is 0 Å². The average Bonchev–Trinajstić information content (AvgIpc) is 3.29. The van der Waals surface area contributed by atoms with Gasteiger partial charge in [0.05, 0.1) is 16.8 Å². The molecule has 0 saturated heterocycles. The van der Waals surface area contributed by atoms with Gasteiger partial charge in [0, 0.05) is 30.7 Å². The molecule has 1 saturated carbocycles. The van der Waals surface area contributed by atoms with Crippen LogP contribution in [0, 0.1) is 0 Å². The van der Waals surface area contributed by atoms with Gasteiger partial charge in [-0.3, -0.25) is 9.78 Å². The van der Waals surface area contributed by atoms with Crippen LogP contribution in [0.25, 0.3) is 16.9 Å². The van der Waals surface area contributed by atoms with Gasteiger partial charge in [-0.05, 0) is 57.9 Å². The molecule has 35 heavy (non-hydrogen) atoms. The van der Waals surface area contributed by atoms with Gasteiger partial charge in [0.15, 0.2) is 0 Å². The molecule has 2 aromatic heterocycles. The number of hydrogen-bond acceptors (Lipinski definition) is 5. The minimum Gasteiger partial charge on any atom is -0.444 e. The number of pyridine rings is 1. The molecular weight excluding hydrogens is 442 g/mol. The van der Waals surface area contributed by atoms with Crippen molar-refractivity contribution in [3.8, 4) is 16.9 Å². The van der Waals surface area contributed by atoms with Crippen LogP contribution in [0.15, 0.2) is 61.1 Å². The van der Waals surface area contributed by atoms with E-state index in [1.165, 1.54) is 0 Å². The summed E-state index contributed by atoms with van der Waals surface area (Å²) in [7, 11) is 0. The number of rotatable bonds is 6. The molecule has 0 spiro atoms. The van der Waals surface area contributed by atoms with Crippen molar-refractivity contribution in [2.45, 2.75) is 64.0 Å². The molecule has 0 aliphatic heterocycles. The van der Waals surface area contributed by atoms with Gasteiger partial charge < -0.3 is 15.4 Å². The Morgan fingerprint density at radius 3 is 2.46 bits per heavy atom. The molecule has 0 unspecified atom stereocenters. The van der Waals surface area contributed by atoms with Crippen LogP contribution in [0.4, 0.5) is 4.79 Å². The maximum atomic E-state index is 13.5. The SMILES string of the molecule is CC(C)(C)OC(=O)NC1(CNC(=O)c2cn(-c3ccccc3)nc2-c2cccnc2)CCCCC1. The maximum Gasteiger partial charge on any atom is 0.408 e. The molecule has 1 aliphatic carbocycles. The molecular formula is C27H33N5O3. The number of carbonyl (C=O) groups excluding carboxylic acids is 2. The topological polar surface area (TPSA) is 98.1 Å². The van der Waals surface area contributed by atoms with Gasteiger partial charge in [-0.25, -0.2) is 9.48 Å². The summed E-state index contributed by atoms with van der Waals surface area (Å²) in [5.74, 6) is -0.248. The lowest BCUT2D eigenvalue weighted by molar-refractivity contribution is 0.0419. The Morgan fingerprint density at radius 1 is 1.06 bits per heavy atom. The molecule has 2 N–H and O–H groups in total. The molecule has 2 heterocycles. The number of para-hydroxylation sites is 1. The van der Waals surface area contributed by atoms with Crippen LogP contribution in [0.2, 0.25) is 0 Å². The fourth-order valence-electron chi connectivity index (χ4n) is 4.41. The van der Waals surface area contributed by atoms with Gasteiger partial charge >= 0.3 is 6.09 Å². The van der Waals surface area contributed by atoms with E-state index in [0.29, 0.717) is 17.8 Å². The highest BCUT2D eigenvalue weighted by molar-refractivity contribution is 6.00. The summed E-state index contributed by atoms with van der Waals surface area (Å²) in [4.78, 5) is 30.2. The number of alkyl carbamates (subject to hydrolysis) is 1. The quantitative estimate of drug-likeness (QED) is 0.529. The molecule has 184 valence electrons. The molecule has 0 bridgehead atoms. The number of carbonyl (C=O) groups is 2.